The van der Waals surface area contributed by atoms with Crippen LogP contribution < -0.4 is 5.56 Å². The molecule has 0 spiro atoms. The smallest absolute Gasteiger partial charge is 0.277 e. The van der Waals surface area contributed by atoms with Crippen molar-refractivity contribution in [3.8, 4) is 16.9 Å². The minimum Gasteiger partial charge on any atom is -0.506 e. The Kier molecular flexibility index (Phi) is 3.69. The zero-order chi connectivity index (χ0) is 15.1. The first-order chi connectivity index (χ1) is 10.0. The quantitative estimate of drug-likeness (QED) is 0.872. The van der Waals surface area contributed by atoms with E-state index >= 15 is 0 Å². The fourth-order valence-corrected chi connectivity index (χ4v) is 2.84. The van der Waals surface area contributed by atoms with Crippen molar-refractivity contribution >= 4 is 23.2 Å². The van der Waals surface area contributed by atoms with Crippen molar-refractivity contribution in [2.24, 2.45) is 0 Å². The number of hydrogen-bond acceptors (Lipinski definition) is 3. The normalized spacial score (nSPS) is 14.8. The summed E-state index contributed by atoms with van der Waals surface area (Å²) >= 11 is 11.8. The van der Waals surface area contributed by atoms with Crippen LogP contribution >= 0.6 is 23.2 Å². The lowest BCUT2D eigenvalue weighted by Crippen LogP contribution is -2.23. The number of phenolic OH excluding ortho intramolecular Hbond substituents is 1. The Labute approximate surface area is 129 Å². The van der Waals surface area contributed by atoms with Gasteiger partial charge in [0.2, 0.25) is 5.95 Å². The van der Waals surface area contributed by atoms with Crippen LogP contribution in [-0.2, 0) is 17.8 Å². The van der Waals surface area contributed by atoms with Gasteiger partial charge in [-0.2, -0.15) is 4.39 Å². The Morgan fingerprint density at radius 2 is 1.81 bits per heavy atom. The van der Waals surface area contributed by atoms with Gasteiger partial charge in [0, 0.05) is 5.56 Å². The lowest BCUT2D eigenvalue weighted by molar-refractivity contribution is 0.136. The summed E-state index contributed by atoms with van der Waals surface area (Å²) in [6, 6.07) is 2.48. The Hall–Kier alpha value is -1.50. The number of aromatic hydroxyl groups is 1. The molecule has 1 N–H and O–H groups in total. The average molecular weight is 333 g/mol. The largest absolute Gasteiger partial charge is 0.506 e. The molecule has 2 aromatic rings. The van der Waals surface area contributed by atoms with Crippen LogP contribution in [0.3, 0.4) is 0 Å². The van der Waals surface area contributed by atoms with Crippen LogP contribution in [0.25, 0.3) is 11.1 Å². The van der Waals surface area contributed by atoms with E-state index in [4.69, 9.17) is 27.9 Å². The Morgan fingerprint density at radius 1 is 1.14 bits per heavy atom. The molecular formula is C13H11Cl2FN2O3. The lowest BCUT2D eigenvalue weighted by Gasteiger charge is -2.05. The van der Waals surface area contributed by atoms with Crippen LogP contribution in [0.1, 0.15) is 0 Å². The number of nitrogens with zero attached hydrogens (tertiary/aromatic N) is 2. The average Bonchev–Trinajstić information content (AvgIpc) is 2.63. The number of fused-ring (bicyclic) bond motifs is 1. The number of aromatic nitrogens is 2. The third-order valence-electron chi connectivity index (χ3n) is 3.37. The lowest BCUT2D eigenvalue weighted by atomic mass is 10.1. The molecule has 3 rings (SSSR count). The van der Waals surface area contributed by atoms with Gasteiger partial charge >= 0.3 is 0 Å². The fourth-order valence-electron chi connectivity index (χ4n) is 2.36. The zero-order valence-electron chi connectivity index (χ0n) is 10.8. The van der Waals surface area contributed by atoms with E-state index in [0.29, 0.717) is 13.2 Å². The van der Waals surface area contributed by atoms with E-state index in [-0.39, 0.29) is 40.0 Å². The van der Waals surface area contributed by atoms with E-state index in [1.807, 2.05) is 0 Å². The van der Waals surface area contributed by atoms with E-state index in [9.17, 15) is 14.3 Å². The monoisotopic (exact) mass is 332 g/mol. The molecule has 0 aliphatic carbocycles. The number of halogens is 3. The van der Waals surface area contributed by atoms with Gasteiger partial charge in [-0.15, -0.1) is 0 Å². The first-order valence-corrected chi connectivity index (χ1v) is 7.01. The van der Waals surface area contributed by atoms with Crippen molar-refractivity contribution in [2.75, 3.05) is 13.2 Å². The van der Waals surface area contributed by atoms with Crippen molar-refractivity contribution in [2.45, 2.75) is 13.1 Å². The molecule has 2 heterocycles. The summed E-state index contributed by atoms with van der Waals surface area (Å²) in [6.07, 6.45) is 0. The second kappa shape index (κ2) is 5.36. The Morgan fingerprint density at radius 3 is 2.52 bits per heavy atom. The van der Waals surface area contributed by atoms with Gasteiger partial charge in [-0.1, -0.05) is 23.2 Å². The van der Waals surface area contributed by atoms with Crippen LogP contribution in [0.2, 0.25) is 10.0 Å². The second-order valence-corrected chi connectivity index (χ2v) is 5.43. The molecule has 1 aromatic carbocycles. The first-order valence-electron chi connectivity index (χ1n) is 6.26. The molecule has 1 aliphatic rings. The summed E-state index contributed by atoms with van der Waals surface area (Å²) in [6.45, 7) is 1.15. The predicted octanol–water partition coefficient (Wildman–Crippen LogP) is 2.50. The summed E-state index contributed by atoms with van der Waals surface area (Å²) in [4.78, 5) is 12.4. The predicted molar refractivity (Wildman–Crippen MR) is 76.6 cm³/mol. The maximum absolute atomic E-state index is 14.6. The minimum atomic E-state index is -0.700. The summed E-state index contributed by atoms with van der Waals surface area (Å²) < 4.78 is 22.3. The zero-order valence-corrected chi connectivity index (χ0v) is 12.3. The van der Waals surface area contributed by atoms with Crippen LogP contribution in [-0.4, -0.2) is 27.7 Å². The molecule has 0 bridgehead atoms. The molecule has 0 atom stereocenters. The minimum absolute atomic E-state index is 0.0402. The van der Waals surface area contributed by atoms with Crippen LogP contribution in [0.4, 0.5) is 4.39 Å². The van der Waals surface area contributed by atoms with Crippen molar-refractivity contribution in [3.05, 3.63) is 38.5 Å². The van der Waals surface area contributed by atoms with Gasteiger partial charge in [-0.3, -0.25) is 9.48 Å². The third-order valence-corrected chi connectivity index (χ3v) is 3.99. The molecule has 0 saturated carbocycles. The first kappa shape index (κ1) is 14.4. The van der Waals surface area contributed by atoms with E-state index in [1.54, 1.807) is 0 Å². The molecule has 1 aliphatic heterocycles. The maximum Gasteiger partial charge on any atom is 0.277 e. The van der Waals surface area contributed by atoms with E-state index in [0.717, 1.165) is 0 Å². The van der Waals surface area contributed by atoms with Gasteiger partial charge < -0.3 is 9.84 Å². The van der Waals surface area contributed by atoms with Crippen molar-refractivity contribution in [1.29, 1.82) is 0 Å². The highest BCUT2D eigenvalue weighted by atomic mass is 35.5. The van der Waals surface area contributed by atoms with Crippen molar-refractivity contribution < 1.29 is 14.2 Å². The van der Waals surface area contributed by atoms with Crippen LogP contribution in [0, 0.1) is 5.95 Å². The second-order valence-electron chi connectivity index (χ2n) is 4.61. The summed E-state index contributed by atoms with van der Waals surface area (Å²) in [5.74, 6) is -0.960. The molecule has 21 heavy (non-hydrogen) atoms. The Balaban J connectivity index is 2.25. The summed E-state index contributed by atoms with van der Waals surface area (Å²) in [7, 11) is 0. The van der Waals surface area contributed by atoms with Gasteiger partial charge in [-0.25, -0.2) is 4.68 Å². The van der Waals surface area contributed by atoms with Crippen LogP contribution in [0.15, 0.2) is 16.9 Å². The third kappa shape index (κ3) is 2.33. The summed E-state index contributed by atoms with van der Waals surface area (Å²) in [5.41, 5.74) is -0.564. The molecule has 0 unspecified atom stereocenters. The van der Waals surface area contributed by atoms with E-state index in [2.05, 4.69) is 0 Å². The molecule has 0 radical (unpaired) electrons. The summed E-state index contributed by atoms with van der Waals surface area (Å²) in [5, 5.41) is 9.81. The van der Waals surface area contributed by atoms with Gasteiger partial charge in [0.15, 0.2) is 0 Å². The number of benzene rings is 1. The van der Waals surface area contributed by atoms with Crippen molar-refractivity contribution in [1.82, 2.24) is 9.36 Å². The van der Waals surface area contributed by atoms with Gasteiger partial charge in [0.25, 0.3) is 5.56 Å². The highest BCUT2D eigenvalue weighted by Crippen LogP contribution is 2.36. The maximum atomic E-state index is 14.6. The molecular weight excluding hydrogens is 322 g/mol. The number of phenols is 1. The van der Waals surface area contributed by atoms with Crippen LogP contribution in [0.5, 0.6) is 5.75 Å². The molecule has 0 amide bonds. The van der Waals surface area contributed by atoms with E-state index < -0.39 is 11.5 Å². The van der Waals surface area contributed by atoms with Crippen molar-refractivity contribution in [3.63, 3.8) is 0 Å². The van der Waals surface area contributed by atoms with Gasteiger partial charge in [0.05, 0.1) is 36.3 Å². The number of hydrogen-bond donors (Lipinski definition) is 1. The topological polar surface area (TPSA) is 56.4 Å². The Bertz CT molecular complexity index is 770. The standard InChI is InChI=1S/C13H11Cl2FN2O3/c14-8-6-9(15)10(19)5-7(8)11-12(16)17-1-3-21-4-2-18(17)13(11)20/h5-6,19H,1-4H2. The molecule has 5 nitrogen and oxygen atoms in total. The molecule has 0 saturated heterocycles. The van der Waals surface area contributed by atoms with Gasteiger partial charge in [0.1, 0.15) is 11.3 Å². The number of ether oxygens (including phenoxy) is 1. The highest BCUT2D eigenvalue weighted by molar-refractivity contribution is 6.37. The molecule has 112 valence electrons. The number of rotatable bonds is 1. The van der Waals surface area contributed by atoms with E-state index in [1.165, 1.54) is 21.5 Å². The molecule has 1 aromatic heterocycles. The fraction of sp³-hybridized carbons (Fsp3) is 0.308. The molecule has 0 fully saturated rings. The molecule has 8 heteroatoms. The SMILES string of the molecule is O=c1c(-c2cc(O)c(Cl)cc2Cl)c(F)n2n1CCOCC2. The highest BCUT2D eigenvalue weighted by Gasteiger charge is 2.25. The van der Waals surface area contributed by atoms with Gasteiger partial charge in [-0.05, 0) is 12.1 Å².